The summed E-state index contributed by atoms with van der Waals surface area (Å²) in [5.41, 5.74) is 1.13. The summed E-state index contributed by atoms with van der Waals surface area (Å²) in [5, 5.41) is 26.6. The molecular formula is C12H17N5O. The topological polar surface area (TPSA) is 86.7 Å². The van der Waals surface area contributed by atoms with Crippen molar-refractivity contribution in [2.24, 2.45) is 0 Å². The SMILES string of the molecule is CCC(NC(C)c1nn[nH]n1)c1ccc(O)cc1. The van der Waals surface area contributed by atoms with Crippen LogP contribution in [0.4, 0.5) is 0 Å². The highest BCUT2D eigenvalue weighted by Crippen LogP contribution is 2.22. The molecule has 6 nitrogen and oxygen atoms in total. The van der Waals surface area contributed by atoms with E-state index in [9.17, 15) is 5.11 Å². The van der Waals surface area contributed by atoms with E-state index >= 15 is 0 Å². The molecule has 0 spiro atoms. The molecule has 1 heterocycles. The zero-order chi connectivity index (χ0) is 13.0. The normalized spacial score (nSPS) is 14.3. The Morgan fingerprint density at radius 1 is 1.33 bits per heavy atom. The van der Waals surface area contributed by atoms with E-state index < -0.39 is 0 Å². The standard InChI is InChI=1S/C12H17N5O/c1-3-11(9-4-6-10(18)7-5-9)13-8(2)12-14-16-17-15-12/h4-8,11,13,18H,3H2,1-2H3,(H,14,15,16,17). The van der Waals surface area contributed by atoms with Crippen molar-refractivity contribution in [3.05, 3.63) is 35.7 Å². The van der Waals surface area contributed by atoms with Crippen LogP contribution in [0.25, 0.3) is 0 Å². The van der Waals surface area contributed by atoms with E-state index in [1.807, 2.05) is 19.1 Å². The Morgan fingerprint density at radius 3 is 2.61 bits per heavy atom. The average molecular weight is 247 g/mol. The number of nitrogens with zero attached hydrogens (tertiary/aromatic N) is 3. The summed E-state index contributed by atoms with van der Waals surface area (Å²) in [6.07, 6.45) is 0.937. The maximum Gasteiger partial charge on any atom is 0.191 e. The maximum absolute atomic E-state index is 9.29. The van der Waals surface area contributed by atoms with E-state index in [1.165, 1.54) is 0 Å². The van der Waals surface area contributed by atoms with Crippen LogP contribution < -0.4 is 5.32 Å². The predicted octanol–water partition coefficient (Wildman–Crippen LogP) is 1.71. The van der Waals surface area contributed by atoms with Crippen molar-refractivity contribution >= 4 is 0 Å². The third kappa shape index (κ3) is 2.84. The lowest BCUT2D eigenvalue weighted by Crippen LogP contribution is -2.25. The fraction of sp³-hybridized carbons (Fsp3) is 0.417. The van der Waals surface area contributed by atoms with Gasteiger partial charge in [-0.25, -0.2) is 0 Å². The van der Waals surface area contributed by atoms with Crippen molar-refractivity contribution in [1.29, 1.82) is 0 Å². The largest absolute Gasteiger partial charge is 0.508 e. The molecule has 6 heteroatoms. The van der Waals surface area contributed by atoms with Crippen LogP contribution in [0.1, 0.15) is 43.7 Å². The number of phenols is 1. The van der Waals surface area contributed by atoms with Crippen molar-refractivity contribution in [3.63, 3.8) is 0 Å². The highest BCUT2D eigenvalue weighted by atomic mass is 16.3. The van der Waals surface area contributed by atoms with Gasteiger partial charge in [0, 0.05) is 6.04 Å². The zero-order valence-corrected chi connectivity index (χ0v) is 10.5. The number of tetrazole rings is 1. The highest BCUT2D eigenvalue weighted by molar-refractivity contribution is 5.28. The van der Waals surface area contributed by atoms with Crippen molar-refractivity contribution in [2.75, 3.05) is 0 Å². The summed E-state index contributed by atoms with van der Waals surface area (Å²) >= 11 is 0. The lowest BCUT2D eigenvalue weighted by molar-refractivity contribution is 0.441. The van der Waals surface area contributed by atoms with Gasteiger partial charge in [0.2, 0.25) is 0 Å². The van der Waals surface area contributed by atoms with Gasteiger partial charge in [0.15, 0.2) is 5.82 Å². The fourth-order valence-corrected chi connectivity index (χ4v) is 1.89. The second-order valence-corrected chi connectivity index (χ2v) is 4.21. The monoisotopic (exact) mass is 247 g/mol. The minimum atomic E-state index is 0.0162. The van der Waals surface area contributed by atoms with E-state index in [2.05, 4.69) is 32.9 Å². The van der Waals surface area contributed by atoms with E-state index in [0.717, 1.165) is 12.0 Å². The summed E-state index contributed by atoms with van der Waals surface area (Å²) in [6, 6.07) is 7.43. The fourth-order valence-electron chi connectivity index (χ4n) is 1.89. The number of phenolic OH excluding ortho intramolecular Hbond substituents is 1. The summed E-state index contributed by atoms with van der Waals surface area (Å²) in [4.78, 5) is 0. The quantitative estimate of drug-likeness (QED) is 0.748. The summed E-state index contributed by atoms with van der Waals surface area (Å²) in [5.74, 6) is 0.923. The Balaban J connectivity index is 2.07. The molecule has 1 aromatic heterocycles. The molecule has 2 atom stereocenters. The number of aromatic nitrogens is 4. The first-order chi connectivity index (χ1) is 8.70. The third-order valence-corrected chi connectivity index (χ3v) is 2.90. The molecule has 96 valence electrons. The van der Waals surface area contributed by atoms with Gasteiger partial charge in [-0.1, -0.05) is 24.3 Å². The van der Waals surface area contributed by atoms with Gasteiger partial charge >= 0.3 is 0 Å². The number of aromatic hydroxyl groups is 1. The van der Waals surface area contributed by atoms with Gasteiger partial charge < -0.3 is 10.4 Å². The van der Waals surface area contributed by atoms with Crippen LogP contribution in [0.2, 0.25) is 0 Å². The zero-order valence-electron chi connectivity index (χ0n) is 10.5. The molecule has 18 heavy (non-hydrogen) atoms. The minimum Gasteiger partial charge on any atom is -0.508 e. The van der Waals surface area contributed by atoms with Crippen molar-refractivity contribution in [1.82, 2.24) is 25.9 Å². The Hall–Kier alpha value is -1.95. The second-order valence-electron chi connectivity index (χ2n) is 4.21. The molecule has 3 N–H and O–H groups in total. The molecule has 0 bridgehead atoms. The molecule has 0 amide bonds. The van der Waals surface area contributed by atoms with Crippen LogP contribution in [0.3, 0.4) is 0 Å². The van der Waals surface area contributed by atoms with Gasteiger partial charge in [0.05, 0.1) is 6.04 Å². The van der Waals surface area contributed by atoms with E-state index in [-0.39, 0.29) is 17.8 Å². The molecule has 0 aliphatic rings. The number of nitrogens with one attached hydrogen (secondary N) is 2. The van der Waals surface area contributed by atoms with Crippen LogP contribution in [0.15, 0.2) is 24.3 Å². The van der Waals surface area contributed by atoms with Gasteiger partial charge in [0.25, 0.3) is 0 Å². The molecule has 0 saturated heterocycles. The first kappa shape index (κ1) is 12.5. The lowest BCUT2D eigenvalue weighted by Gasteiger charge is -2.20. The van der Waals surface area contributed by atoms with E-state index in [1.54, 1.807) is 12.1 Å². The van der Waals surface area contributed by atoms with Crippen LogP contribution in [0.5, 0.6) is 5.75 Å². The molecule has 2 unspecified atom stereocenters. The highest BCUT2D eigenvalue weighted by Gasteiger charge is 2.16. The predicted molar refractivity (Wildman–Crippen MR) is 66.9 cm³/mol. The molecule has 0 saturated carbocycles. The van der Waals surface area contributed by atoms with Gasteiger partial charge in [0.1, 0.15) is 5.75 Å². The summed E-state index contributed by atoms with van der Waals surface area (Å²) < 4.78 is 0. The molecular weight excluding hydrogens is 230 g/mol. The number of hydrogen-bond acceptors (Lipinski definition) is 5. The molecule has 0 aliphatic carbocycles. The van der Waals surface area contributed by atoms with Crippen LogP contribution >= 0.6 is 0 Å². The Kier molecular flexibility index (Phi) is 3.88. The lowest BCUT2D eigenvalue weighted by atomic mass is 10.0. The smallest absolute Gasteiger partial charge is 0.191 e. The van der Waals surface area contributed by atoms with Crippen molar-refractivity contribution in [3.8, 4) is 5.75 Å². The number of hydrogen-bond donors (Lipinski definition) is 3. The van der Waals surface area contributed by atoms with E-state index in [0.29, 0.717) is 5.82 Å². The number of rotatable bonds is 5. The first-order valence-electron chi connectivity index (χ1n) is 5.99. The Labute approximate surface area is 105 Å². The van der Waals surface area contributed by atoms with E-state index in [4.69, 9.17) is 0 Å². The number of H-pyrrole nitrogens is 1. The van der Waals surface area contributed by atoms with Crippen molar-refractivity contribution < 1.29 is 5.11 Å². The first-order valence-corrected chi connectivity index (χ1v) is 5.99. The number of benzene rings is 1. The molecule has 0 aliphatic heterocycles. The summed E-state index contributed by atoms with van der Waals surface area (Å²) in [7, 11) is 0. The van der Waals surface area contributed by atoms with Crippen LogP contribution in [-0.4, -0.2) is 25.7 Å². The molecule has 1 aromatic carbocycles. The van der Waals surface area contributed by atoms with Crippen LogP contribution in [0, 0.1) is 0 Å². The molecule has 2 rings (SSSR count). The molecule has 0 radical (unpaired) electrons. The van der Waals surface area contributed by atoms with Gasteiger partial charge in [-0.05, 0) is 31.0 Å². The van der Waals surface area contributed by atoms with Crippen LogP contribution in [-0.2, 0) is 0 Å². The van der Waals surface area contributed by atoms with Gasteiger partial charge in [-0.3, -0.25) is 0 Å². The van der Waals surface area contributed by atoms with Gasteiger partial charge in [-0.2, -0.15) is 5.21 Å². The van der Waals surface area contributed by atoms with Gasteiger partial charge in [-0.15, -0.1) is 10.2 Å². The maximum atomic E-state index is 9.29. The average Bonchev–Trinajstić information content (AvgIpc) is 2.91. The number of aromatic amines is 1. The molecule has 2 aromatic rings. The Morgan fingerprint density at radius 2 is 2.06 bits per heavy atom. The third-order valence-electron chi connectivity index (χ3n) is 2.90. The summed E-state index contributed by atoms with van der Waals surface area (Å²) in [6.45, 7) is 4.10. The minimum absolute atomic E-state index is 0.0162. The Bertz CT molecular complexity index is 468. The second kappa shape index (κ2) is 5.59. The van der Waals surface area contributed by atoms with Crippen molar-refractivity contribution in [2.45, 2.75) is 32.4 Å². The molecule has 0 fully saturated rings.